The molecule has 1 atom stereocenters. The second-order valence-corrected chi connectivity index (χ2v) is 9.90. The minimum atomic E-state index is -3.12. The Morgan fingerprint density at radius 2 is 1.96 bits per heavy atom. The molecule has 1 aromatic rings. The van der Waals surface area contributed by atoms with Gasteiger partial charge < -0.3 is 5.32 Å². The largest absolute Gasteiger partial charge is 0.350 e. The predicted octanol–water partition coefficient (Wildman–Crippen LogP) is 1.000. The standard InChI is InChI=1S/C19H23N3O4S/c23-17-7-6-16(21-22(17)15-8-11-27(25,26)12-15)18(24)20-13-19(9-10-19)14-4-2-1-3-5-14/h1-5,15H,6-13H2,(H,20,24). The summed E-state index contributed by atoms with van der Waals surface area (Å²) in [6.45, 7) is 0.542. The fraction of sp³-hybridized carbons (Fsp3) is 0.526. The zero-order valence-electron chi connectivity index (χ0n) is 15.1. The number of hydrazone groups is 1. The van der Waals surface area contributed by atoms with Crippen LogP contribution in [0.2, 0.25) is 0 Å². The Balaban J connectivity index is 1.42. The van der Waals surface area contributed by atoms with E-state index in [0.717, 1.165) is 12.8 Å². The molecule has 2 heterocycles. The van der Waals surface area contributed by atoms with Gasteiger partial charge in [-0.3, -0.25) is 9.59 Å². The van der Waals surface area contributed by atoms with Crippen LogP contribution in [0.15, 0.2) is 35.4 Å². The number of benzene rings is 1. The van der Waals surface area contributed by atoms with E-state index in [-0.39, 0.29) is 35.2 Å². The van der Waals surface area contributed by atoms with E-state index >= 15 is 0 Å². The lowest BCUT2D eigenvalue weighted by Crippen LogP contribution is -2.45. The van der Waals surface area contributed by atoms with E-state index in [1.54, 1.807) is 0 Å². The molecule has 8 heteroatoms. The highest BCUT2D eigenvalue weighted by Gasteiger charge is 2.44. The van der Waals surface area contributed by atoms with Crippen molar-refractivity contribution in [2.75, 3.05) is 18.1 Å². The fourth-order valence-corrected chi connectivity index (χ4v) is 5.54. The third kappa shape index (κ3) is 3.76. The Bertz CT molecular complexity index is 891. The molecule has 1 aromatic carbocycles. The number of hydrogen-bond acceptors (Lipinski definition) is 5. The van der Waals surface area contributed by atoms with E-state index in [9.17, 15) is 18.0 Å². The summed E-state index contributed by atoms with van der Waals surface area (Å²) in [6.07, 6.45) is 2.93. The molecule has 27 heavy (non-hydrogen) atoms. The zero-order valence-corrected chi connectivity index (χ0v) is 15.9. The highest BCUT2D eigenvalue weighted by Crippen LogP contribution is 2.47. The number of carbonyl (C=O) groups is 2. The molecule has 1 aliphatic carbocycles. The quantitative estimate of drug-likeness (QED) is 0.813. The molecular formula is C19H23N3O4S. The van der Waals surface area contributed by atoms with Crippen LogP contribution >= 0.6 is 0 Å². The van der Waals surface area contributed by atoms with E-state index < -0.39 is 15.9 Å². The smallest absolute Gasteiger partial charge is 0.267 e. The van der Waals surface area contributed by atoms with Gasteiger partial charge in [0, 0.05) is 24.8 Å². The maximum Gasteiger partial charge on any atom is 0.267 e. The number of nitrogens with one attached hydrogen (secondary N) is 1. The minimum Gasteiger partial charge on any atom is -0.350 e. The van der Waals surface area contributed by atoms with Gasteiger partial charge in [-0.25, -0.2) is 13.4 Å². The van der Waals surface area contributed by atoms with Crippen molar-refractivity contribution in [2.45, 2.75) is 43.6 Å². The second kappa shape index (κ2) is 6.74. The van der Waals surface area contributed by atoms with E-state index in [1.165, 1.54) is 10.6 Å². The summed E-state index contributed by atoms with van der Waals surface area (Å²) >= 11 is 0. The average molecular weight is 389 g/mol. The Kier molecular flexibility index (Phi) is 4.53. The summed E-state index contributed by atoms with van der Waals surface area (Å²) in [7, 11) is -3.12. The van der Waals surface area contributed by atoms with E-state index in [0.29, 0.717) is 25.1 Å². The van der Waals surface area contributed by atoms with Crippen LogP contribution in [-0.2, 0) is 24.8 Å². The number of nitrogens with zero attached hydrogens (tertiary/aromatic N) is 2. The van der Waals surface area contributed by atoms with Gasteiger partial charge in [0.1, 0.15) is 5.71 Å². The van der Waals surface area contributed by atoms with Crippen molar-refractivity contribution in [3.05, 3.63) is 35.9 Å². The number of sulfone groups is 1. The molecule has 2 fully saturated rings. The lowest BCUT2D eigenvalue weighted by atomic mass is 9.96. The Morgan fingerprint density at radius 3 is 2.59 bits per heavy atom. The first-order chi connectivity index (χ1) is 12.9. The molecule has 144 valence electrons. The van der Waals surface area contributed by atoms with E-state index in [4.69, 9.17) is 0 Å². The first kappa shape index (κ1) is 18.2. The third-order valence-electron chi connectivity index (χ3n) is 5.70. The van der Waals surface area contributed by atoms with Gasteiger partial charge in [0.05, 0.1) is 17.5 Å². The Labute approximate surface area is 158 Å². The number of hydrogen-bond donors (Lipinski definition) is 1. The third-order valence-corrected chi connectivity index (χ3v) is 7.45. The lowest BCUT2D eigenvalue weighted by molar-refractivity contribution is -0.133. The van der Waals surface area contributed by atoms with Crippen molar-refractivity contribution in [1.82, 2.24) is 10.3 Å². The van der Waals surface area contributed by atoms with Gasteiger partial charge >= 0.3 is 0 Å². The first-order valence-electron chi connectivity index (χ1n) is 9.32. The normalized spacial score (nSPS) is 25.8. The molecular weight excluding hydrogens is 366 g/mol. The van der Waals surface area contributed by atoms with Gasteiger partial charge in [0.2, 0.25) is 5.91 Å². The molecule has 3 aliphatic rings. The van der Waals surface area contributed by atoms with Gasteiger partial charge in [-0.05, 0) is 24.8 Å². The second-order valence-electron chi connectivity index (χ2n) is 7.67. The van der Waals surface area contributed by atoms with Gasteiger partial charge in [-0.1, -0.05) is 30.3 Å². The minimum absolute atomic E-state index is 0.00117. The van der Waals surface area contributed by atoms with E-state index in [1.807, 2.05) is 18.2 Å². The number of amides is 2. The Hall–Kier alpha value is -2.22. The molecule has 2 aliphatic heterocycles. The molecule has 1 N–H and O–H groups in total. The summed E-state index contributed by atoms with van der Waals surface area (Å²) < 4.78 is 23.4. The summed E-state index contributed by atoms with van der Waals surface area (Å²) in [5.41, 5.74) is 1.54. The molecule has 0 radical (unpaired) electrons. The highest BCUT2D eigenvalue weighted by atomic mass is 32.2. The average Bonchev–Trinajstić information content (AvgIpc) is 3.37. The summed E-state index contributed by atoms with van der Waals surface area (Å²) in [5, 5.41) is 8.43. The van der Waals surface area contributed by atoms with Crippen LogP contribution < -0.4 is 5.32 Å². The van der Waals surface area contributed by atoms with Crippen molar-refractivity contribution in [3.63, 3.8) is 0 Å². The molecule has 0 aromatic heterocycles. The van der Waals surface area contributed by atoms with Crippen LogP contribution in [0.25, 0.3) is 0 Å². The molecule has 0 bridgehead atoms. The van der Waals surface area contributed by atoms with Crippen molar-refractivity contribution >= 4 is 27.4 Å². The number of carbonyl (C=O) groups excluding carboxylic acids is 2. The van der Waals surface area contributed by atoms with Gasteiger partial charge in [-0.2, -0.15) is 5.10 Å². The van der Waals surface area contributed by atoms with Crippen LogP contribution in [0.4, 0.5) is 0 Å². The van der Waals surface area contributed by atoms with Crippen LogP contribution in [0.5, 0.6) is 0 Å². The topological polar surface area (TPSA) is 95.9 Å². The van der Waals surface area contributed by atoms with Crippen molar-refractivity contribution in [1.29, 1.82) is 0 Å². The summed E-state index contributed by atoms with van der Waals surface area (Å²) in [6, 6.07) is 9.69. The van der Waals surface area contributed by atoms with Gasteiger partial charge in [-0.15, -0.1) is 0 Å². The van der Waals surface area contributed by atoms with Crippen LogP contribution in [0, 0.1) is 0 Å². The van der Waals surface area contributed by atoms with E-state index in [2.05, 4.69) is 22.6 Å². The summed E-state index contributed by atoms with van der Waals surface area (Å²) in [5.74, 6) is -0.487. The molecule has 7 nitrogen and oxygen atoms in total. The lowest BCUT2D eigenvalue weighted by Gasteiger charge is -2.27. The van der Waals surface area contributed by atoms with Crippen molar-refractivity contribution < 1.29 is 18.0 Å². The predicted molar refractivity (Wildman–Crippen MR) is 101 cm³/mol. The first-order valence-corrected chi connectivity index (χ1v) is 11.1. The molecule has 1 saturated heterocycles. The SMILES string of the molecule is O=C(NCC1(c2ccccc2)CC1)C1=NN(C2CCS(=O)(=O)C2)C(=O)CC1. The molecule has 0 spiro atoms. The number of rotatable bonds is 5. The molecule has 1 saturated carbocycles. The van der Waals surface area contributed by atoms with Crippen LogP contribution in [0.1, 0.15) is 37.7 Å². The fourth-order valence-electron chi connectivity index (χ4n) is 3.85. The monoisotopic (exact) mass is 389 g/mol. The van der Waals surface area contributed by atoms with Gasteiger partial charge in [0.15, 0.2) is 9.84 Å². The molecule has 4 rings (SSSR count). The van der Waals surface area contributed by atoms with Crippen molar-refractivity contribution in [3.8, 4) is 0 Å². The van der Waals surface area contributed by atoms with Crippen molar-refractivity contribution in [2.24, 2.45) is 5.10 Å². The molecule has 1 unspecified atom stereocenters. The van der Waals surface area contributed by atoms with Gasteiger partial charge in [0.25, 0.3) is 5.91 Å². The van der Waals surface area contributed by atoms with Crippen LogP contribution in [0.3, 0.4) is 0 Å². The maximum atomic E-state index is 12.6. The highest BCUT2D eigenvalue weighted by molar-refractivity contribution is 7.91. The summed E-state index contributed by atoms with van der Waals surface area (Å²) in [4.78, 5) is 24.8. The Morgan fingerprint density at radius 1 is 1.22 bits per heavy atom. The molecule has 2 amide bonds. The maximum absolute atomic E-state index is 12.6. The van der Waals surface area contributed by atoms with Crippen LogP contribution in [-0.4, -0.2) is 55.0 Å². The zero-order chi connectivity index (χ0) is 19.1.